The second-order valence-electron chi connectivity index (χ2n) is 2.87. The van der Waals surface area contributed by atoms with Gasteiger partial charge in [0, 0.05) is 18.1 Å². The van der Waals surface area contributed by atoms with Gasteiger partial charge in [-0.2, -0.15) is 0 Å². The van der Waals surface area contributed by atoms with Crippen molar-refractivity contribution in [2.24, 2.45) is 0 Å². The van der Waals surface area contributed by atoms with Crippen LogP contribution >= 0.6 is 11.6 Å². The predicted molar refractivity (Wildman–Crippen MR) is 56.8 cm³/mol. The number of rotatable bonds is 1. The number of benzene rings is 1. The van der Waals surface area contributed by atoms with Crippen LogP contribution in [0.2, 0.25) is 0 Å². The van der Waals surface area contributed by atoms with E-state index in [0.717, 1.165) is 5.69 Å². The number of halogens is 1. The van der Waals surface area contributed by atoms with Crippen molar-refractivity contribution in [3.05, 3.63) is 54.9 Å². The minimum absolute atomic E-state index is 0.0277. The van der Waals surface area contributed by atoms with E-state index in [9.17, 15) is 0 Å². The summed E-state index contributed by atoms with van der Waals surface area (Å²) in [5, 5.41) is 0.0277. The van der Waals surface area contributed by atoms with E-state index in [-0.39, 0.29) is 5.38 Å². The normalized spacial score (nSPS) is 16.5. The topological polar surface area (TPSA) is 3.24 Å². The predicted octanol–water partition coefficient (Wildman–Crippen LogP) is 3.14. The van der Waals surface area contributed by atoms with Crippen LogP contribution in [0.4, 0.5) is 5.69 Å². The summed E-state index contributed by atoms with van der Waals surface area (Å²) in [6.45, 7) is 0. The summed E-state index contributed by atoms with van der Waals surface area (Å²) < 4.78 is 0. The van der Waals surface area contributed by atoms with E-state index in [4.69, 9.17) is 11.6 Å². The number of allylic oxidation sites excluding steroid dienone is 2. The summed E-state index contributed by atoms with van der Waals surface area (Å²) in [7, 11) is 0. The van der Waals surface area contributed by atoms with Crippen molar-refractivity contribution in [1.82, 2.24) is 0 Å². The lowest BCUT2D eigenvalue weighted by molar-refractivity contribution is 1.19. The highest BCUT2D eigenvalue weighted by atomic mass is 35.5. The fourth-order valence-corrected chi connectivity index (χ4v) is 1.37. The highest BCUT2D eigenvalue weighted by molar-refractivity contribution is 6.23. The van der Waals surface area contributed by atoms with E-state index < -0.39 is 0 Å². The van der Waals surface area contributed by atoms with Crippen LogP contribution in [0.3, 0.4) is 0 Å². The minimum atomic E-state index is 0.0277. The van der Waals surface area contributed by atoms with Crippen LogP contribution < -0.4 is 4.90 Å². The van der Waals surface area contributed by atoms with Gasteiger partial charge in [0.05, 0.1) is 5.38 Å². The lowest BCUT2D eigenvalue weighted by Gasteiger charge is -2.19. The molecular formula is C11H10ClN. The molecule has 1 nitrogen and oxygen atoms in total. The lowest BCUT2D eigenvalue weighted by Crippen LogP contribution is -2.11. The molecule has 0 aromatic heterocycles. The average molecular weight is 192 g/mol. The molecule has 0 atom stereocenters. The van der Waals surface area contributed by atoms with E-state index >= 15 is 0 Å². The van der Waals surface area contributed by atoms with Crippen molar-refractivity contribution in [2.75, 3.05) is 4.90 Å². The molecule has 0 unspecified atom stereocenters. The van der Waals surface area contributed by atoms with Crippen LogP contribution in [-0.2, 0) is 0 Å². The first-order chi connectivity index (χ1) is 6.36. The fourth-order valence-electron chi connectivity index (χ4n) is 1.24. The summed E-state index contributed by atoms with van der Waals surface area (Å²) in [5.74, 6) is 0. The Balaban J connectivity index is 2.20. The molecule has 0 saturated heterocycles. The summed E-state index contributed by atoms with van der Waals surface area (Å²) in [6.07, 6.45) is 7.86. The zero-order valence-corrected chi connectivity index (χ0v) is 7.85. The maximum atomic E-state index is 5.87. The Morgan fingerprint density at radius 1 is 1.00 bits per heavy atom. The third-order valence-corrected chi connectivity index (χ3v) is 2.21. The van der Waals surface area contributed by atoms with E-state index in [0.29, 0.717) is 0 Å². The average Bonchev–Trinajstić information content (AvgIpc) is 2.20. The van der Waals surface area contributed by atoms with Gasteiger partial charge in [-0.3, -0.25) is 0 Å². The van der Waals surface area contributed by atoms with E-state index in [1.807, 2.05) is 47.7 Å². The highest BCUT2D eigenvalue weighted by Crippen LogP contribution is 2.18. The molecule has 0 aliphatic carbocycles. The smallest absolute Gasteiger partial charge is 0.0731 e. The monoisotopic (exact) mass is 191 g/mol. The van der Waals surface area contributed by atoms with E-state index in [2.05, 4.69) is 12.1 Å². The van der Waals surface area contributed by atoms with Gasteiger partial charge in [0.25, 0.3) is 0 Å². The Morgan fingerprint density at radius 2 is 1.62 bits per heavy atom. The van der Waals surface area contributed by atoms with Gasteiger partial charge in [-0.1, -0.05) is 18.2 Å². The van der Waals surface area contributed by atoms with Gasteiger partial charge in [0.2, 0.25) is 0 Å². The Kier molecular flexibility index (Phi) is 2.37. The molecule has 2 rings (SSSR count). The van der Waals surface area contributed by atoms with Crippen molar-refractivity contribution >= 4 is 17.3 Å². The van der Waals surface area contributed by atoms with Gasteiger partial charge in [-0.05, 0) is 24.3 Å². The quantitative estimate of drug-likeness (QED) is 0.617. The van der Waals surface area contributed by atoms with Crippen LogP contribution in [0, 0.1) is 0 Å². The summed E-state index contributed by atoms with van der Waals surface area (Å²) >= 11 is 5.87. The number of anilines is 1. The minimum Gasteiger partial charge on any atom is -0.324 e. The third-order valence-electron chi connectivity index (χ3n) is 1.92. The van der Waals surface area contributed by atoms with Crippen molar-refractivity contribution in [2.45, 2.75) is 5.38 Å². The summed E-state index contributed by atoms with van der Waals surface area (Å²) in [6, 6.07) is 10.2. The summed E-state index contributed by atoms with van der Waals surface area (Å²) in [5.41, 5.74) is 1.15. The molecule has 1 heterocycles. The number of hydrogen-bond donors (Lipinski definition) is 0. The molecule has 1 aliphatic rings. The number of nitrogens with zero attached hydrogens (tertiary/aromatic N) is 1. The molecule has 0 fully saturated rings. The molecule has 0 N–H and O–H groups in total. The zero-order valence-electron chi connectivity index (χ0n) is 7.10. The highest BCUT2D eigenvalue weighted by Gasteiger charge is 2.04. The molecule has 13 heavy (non-hydrogen) atoms. The molecular weight excluding hydrogens is 182 g/mol. The SMILES string of the molecule is ClC1C=CN(c2ccccc2)C=C1. The van der Waals surface area contributed by atoms with Crippen molar-refractivity contribution in [3.63, 3.8) is 0 Å². The Hall–Kier alpha value is -1.21. The first-order valence-corrected chi connectivity index (χ1v) is 4.64. The standard InChI is InChI=1S/C11H10ClN/c12-10-6-8-13(9-7-10)11-4-2-1-3-5-11/h1-10H. The Morgan fingerprint density at radius 3 is 2.23 bits per heavy atom. The second-order valence-corrected chi connectivity index (χ2v) is 3.37. The van der Waals surface area contributed by atoms with Crippen LogP contribution in [-0.4, -0.2) is 5.38 Å². The number of hydrogen-bond acceptors (Lipinski definition) is 1. The van der Waals surface area contributed by atoms with Crippen molar-refractivity contribution in [3.8, 4) is 0 Å². The van der Waals surface area contributed by atoms with Gasteiger partial charge < -0.3 is 4.90 Å². The zero-order chi connectivity index (χ0) is 9.10. The molecule has 0 radical (unpaired) electrons. The van der Waals surface area contributed by atoms with Crippen LogP contribution in [0.1, 0.15) is 0 Å². The van der Waals surface area contributed by atoms with Crippen LogP contribution in [0.25, 0.3) is 0 Å². The Labute approximate surface area is 82.9 Å². The van der Waals surface area contributed by atoms with Crippen molar-refractivity contribution in [1.29, 1.82) is 0 Å². The van der Waals surface area contributed by atoms with Gasteiger partial charge in [-0.15, -0.1) is 11.6 Å². The molecule has 66 valence electrons. The maximum Gasteiger partial charge on any atom is 0.0731 e. The fraction of sp³-hybridized carbons (Fsp3) is 0.0909. The third kappa shape index (κ3) is 1.93. The van der Waals surface area contributed by atoms with Gasteiger partial charge >= 0.3 is 0 Å². The molecule has 0 bridgehead atoms. The maximum absolute atomic E-state index is 5.87. The molecule has 0 amide bonds. The molecule has 0 saturated carbocycles. The Bertz CT molecular complexity index is 315. The second kappa shape index (κ2) is 3.67. The molecule has 2 heteroatoms. The van der Waals surface area contributed by atoms with Crippen molar-refractivity contribution < 1.29 is 0 Å². The molecule has 1 aromatic carbocycles. The molecule has 0 spiro atoms. The molecule has 1 aromatic rings. The van der Waals surface area contributed by atoms with Crippen LogP contribution in [0.15, 0.2) is 54.9 Å². The number of para-hydroxylation sites is 1. The largest absolute Gasteiger partial charge is 0.324 e. The molecule has 1 aliphatic heterocycles. The number of alkyl halides is 1. The van der Waals surface area contributed by atoms with E-state index in [1.54, 1.807) is 0 Å². The summed E-state index contributed by atoms with van der Waals surface area (Å²) in [4.78, 5) is 2.04. The van der Waals surface area contributed by atoms with Crippen LogP contribution in [0.5, 0.6) is 0 Å². The van der Waals surface area contributed by atoms with E-state index in [1.165, 1.54) is 0 Å². The first kappa shape index (κ1) is 8.39. The van der Waals surface area contributed by atoms with Gasteiger partial charge in [-0.25, -0.2) is 0 Å². The van der Waals surface area contributed by atoms with Gasteiger partial charge in [0.1, 0.15) is 0 Å². The lowest BCUT2D eigenvalue weighted by atomic mass is 10.2. The van der Waals surface area contributed by atoms with Gasteiger partial charge in [0.15, 0.2) is 0 Å². The first-order valence-electron chi connectivity index (χ1n) is 4.20.